The molecule has 0 fully saturated rings. The molecule has 0 amide bonds. The van der Waals surface area contributed by atoms with Gasteiger partial charge in [-0.25, -0.2) is 0 Å². The molecule has 1 rings (SSSR count). The Labute approximate surface area is 108 Å². The van der Waals surface area contributed by atoms with Gasteiger partial charge in [0.05, 0.1) is 11.1 Å². The van der Waals surface area contributed by atoms with Crippen LogP contribution in [0.3, 0.4) is 0 Å². The van der Waals surface area contributed by atoms with Crippen molar-refractivity contribution in [2.45, 2.75) is 38.3 Å². The minimum Gasteiger partial charge on any atom is -0.166 e. The van der Waals surface area contributed by atoms with Gasteiger partial charge in [0.2, 0.25) is 0 Å². The minimum atomic E-state index is -4.81. The van der Waals surface area contributed by atoms with Crippen molar-refractivity contribution in [2.24, 2.45) is 0 Å². The molecule has 0 aromatic heterocycles. The van der Waals surface area contributed by atoms with Crippen molar-refractivity contribution < 1.29 is 26.3 Å². The van der Waals surface area contributed by atoms with Crippen molar-refractivity contribution in [3.8, 4) is 0 Å². The number of benzene rings is 1. The fraction of sp³-hybridized carbons (Fsp3) is 0.500. The zero-order valence-electron chi connectivity index (χ0n) is 10.6. The molecule has 0 aliphatic rings. The molecule has 7 heteroatoms. The van der Waals surface area contributed by atoms with Gasteiger partial charge in [0.1, 0.15) is 7.28 Å². The van der Waals surface area contributed by atoms with Crippen molar-refractivity contribution in [3.05, 3.63) is 34.9 Å². The van der Waals surface area contributed by atoms with E-state index in [1.54, 1.807) is 28.0 Å². The van der Waals surface area contributed by atoms with E-state index < -0.39 is 28.8 Å². The van der Waals surface area contributed by atoms with E-state index in [1.165, 1.54) is 0 Å². The quantitative estimate of drug-likeness (QED) is 0.544. The molecular formula is C12H12BF6. The highest BCUT2D eigenvalue weighted by atomic mass is 19.4. The van der Waals surface area contributed by atoms with Gasteiger partial charge >= 0.3 is 12.4 Å². The number of hydrogen-bond acceptors (Lipinski definition) is 0. The molecule has 0 saturated carbocycles. The molecule has 0 aliphatic heterocycles. The Bertz CT molecular complexity index is 426. The third-order valence-corrected chi connectivity index (χ3v) is 3.05. The van der Waals surface area contributed by atoms with Crippen molar-refractivity contribution in [3.63, 3.8) is 0 Å². The summed E-state index contributed by atoms with van der Waals surface area (Å²) in [6.45, 7) is 4.71. The average Bonchev–Trinajstić information content (AvgIpc) is 2.26. The zero-order chi connectivity index (χ0) is 15.1. The van der Waals surface area contributed by atoms with Crippen molar-refractivity contribution in [2.75, 3.05) is 0 Å². The Hall–Kier alpha value is -1.14. The van der Waals surface area contributed by atoms with Gasteiger partial charge in [-0.1, -0.05) is 20.7 Å². The first-order valence-electron chi connectivity index (χ1n) is 5.48. The molecule has 0 saturated heterocycles. The van der Waals surface area contributed by atoms with Gasteiger partial charge in [0.15, 0.2) is 0 Å². The molecular weight excluding hydrogens is 269 g/mol. The van der Waals surface area contributed by atoms with Crippen molar-refractivity contribution in [1.29, 1.82) is 0 Å². The molecule has 0 aliphatic carbocycles. The van der Waals surface area contributed by atoms with E-state index in [0.29, 0.717) is 0 Å². The second-order valence-electron chi connectivity index (χ2n) is 4.80. The summed E-state index contributed by atoms with van der Waals surface area (Å²) in [7, 11) is 1.56. The van der Waals surface area contributed by atoms with Crippen LogP contribution >= 0.6 is 0 Å². The molecule has 105 valence electrons. The maximum atomic E-state index is 12.7. The number of hydrogen-bond donors (Lipinski definition) is 0. The molecule has 0 N–H and O–H groups in total. The minimum absolute atomic E-state index is 0.0165. The average molecular weight is 281 g/mol. The standard InChI is InChI=1S/C12H12BF6/c1-10(2,13-3)7-4-8(11(14,15)16)6-9(5-7)12(17,18)19/h4-6H,1-3H3. The van der Waals surface area contributed by atoms with Gasteiger partial charge in [0.25, 0.3) is 0 Å². The lowest BCUT2D eigenvalue weighted by Gasteiger charge is -2.25. The summed E-state index contributed by atoms with van der Waals surface area (Å²) in [5.41, 5.74) is -2.59. The molecule has 19 heavy (non-hydrogen) atoms. The van der Waals surface area contributed by atoms with Crippen LogP contribution in [0.1, 0.15) is 30.5 Å². The third kappa shape index (κ3) is 3.67. The lowest BCUT2D eigenvalue weighted by Crippen LogP contribution is -2.25. The molecule has 0 atom stereocenters. The van der Waals surface area contributed by atoms with Crippen molar-refractivity contribution in [1.82, 2.24) is 0 Å². The van der Waals surface area contributed by atoms with Crippen LogP contribution in [0.4, 0.5) is 26.3 Å². The number of rotatable bonds is 2. The lowest BCUT2D eigenvalue weighted by molar-refractivity contribution is -0.143. The normalized spacial score (nSPS) is 13.5. The van der Waals surface area contributed by atoms with Gasteiger partial charge in [-0.05, 0) is 29.1 Å². The van der Waals surface area contributed by atoms with E-state index in [-0.39, 0.29) is 11.6 Å². The molecule has 1 aromatic rings. The van der Waals surface area contributed by atoms with Crippen LogP contribution in [0, 0.1) is 0 Å². The zero-order valence-corrected chi connectivity index (χ0v) is 10.6. The molecule has 1 radical (unpaired) electrons. The van der Waals surface area contributed by atoms with Crippen LogP contribution in [0.25, 0.3) is 0 Å². The summed E-state index contributed by atoms with van der Waals surface area (Å²) < 4.78 is 75.9. The first kappa shape index (κ1) is 15.9. The van der Waals surface area contributed by atoms with Gasteiger partial charge < -0.3 is 0 Å². The van der Waals surface area contributed by atoms with E-state index in [1.807, 2.05) is 0 Å². The molecule has 0 spiro atoms. The SMILES string of the molecule is C[B]C(C)(C)c1cc(C(F)(F)F)cc(C(F)(F)F)c1. The van der Waals surface area contributed by atoms with Crippen LogP contribution in [0.2, 0.25) is 6.82 Å². The monoisotopic (exact) mass is 281 g/mol. The highest BCUT2D eigenvalue weighted by Gasteiger charge is 2.38. The van der Waals surface area contributed by atoms with Crippen molar-refractivity contribution >= 4 is 7.28 Å². The topological polar surface area (TPSA) is 0 Å². The van der Waals surface area contributed by atoms with Gasteiger partial charge in [-0.2, -0.15) is 26.3 Å². The maximum absolute atomic E-state index is 12.7. The van der Waals surface area contributed by atoms with E-state index in [2.05, 4.69) is 0 Å². The largest absolute Gasteiger partial charge is 0.416 e. The Morgan fingerprint density at radius 3 is 1.32 bits per heavy atom. The highest BCUT2D eigenvalue weighted by Crippen LogP contribution is 2.38. The number of alkyl halides is 6. The third-order valence-electron chi connectivity index (χ3n) is 3.05. The second-order valence-corrected chi connectivity index (χ2v) is 4.80. The van der Waals surface area contributed by atoms with Crippen LogP contribution < -0.4 is 0 Å². The van der Waals surface area contributed by atoms with Crippen LogP contribution in [-0.4, -0.2) is 7.28 Å². The predicted molar refractivity (Wildman–Crippen MR) is 61.1 cm³/mol. The first-order valence-corrected chi connectivity index (χ1v) is 5.48. The first-order chi connectivity index (χ1) is 8.38. The fourth-order valence-electron chi connectivity index (χ4n) is 1.49. The van der Waals surface area contributed by atoms with E-state index >= 15 is 0 Å². The molecule has 0 unspecified atom stereocenters. The van der Waals surface area contributed by atoms with Crippen LogP contribution in [0.5, 0.6) is 0 Å². The Morgan fingerprint density at radius 1 is 0.737 bits per heavy atom. The molecule has 0 nitrogen and oxygen atoms in total. The van der Waals surface area contributed by atoms with Gasteiger partial charge in [-0.3, -0.25) is 0 Å². The molecule has 0 heterocycles. The maximum Gasteiger partial charge on any atom is 0.416 e. The molecule has 0 bridgehead atoms. The highest BCUT2D eigenvalue weighted by molar-refractivity contribution is 6.38. The molecule has 1 aromatic carbocycles. The summed E-state index contributed by atoms with van der Waals surface area (Å²) in [5, 5.41) is -0.874. The van der Waals surface area contributed by atoms with Gasteiger partial charge in [-0.15, -0.1) is 0 Å². The summed E-state index contributed by atoms with van der Waals surface area (Å²) in [5.74, 6) is 0. The smallest absolute Gasteiger partial charge is 0.166 e. The Morgan fingerprint density at radius 2 is 1.05 bits per heavy atom. The second kappa shape index (κ2) is 4.76. The van der Waals surface area contributed by atoms with Crippen LogP contribution in [0.15, 0.2) is 18.2 Å². The van der Waals surface area contributed by atoms with E-state index in [0.717, 1.165) is 12.1 Å². The van der Waals surface area contributed by atoms with E-state index in [9.17, 15) is 26.3 Å². The Balaban J connectivity index is 3.51. The van der Waals surface area contributed by atoms with Crippen LogP contribution in [-0.2, 0) is 17.7 Å². The predicted octanol–water partition coefficient (Wildman–Crippen LogP) is 4.71. The van der Waals surface area contributed by atoms with E-state index in [4.69, 9.17) is 0 Å². The lowest BCUT2D eigenvalue weighted by atomic mass is 9.53. The summed E-state index contributed by atoms with van der Waals surface area (Å²) >= 11 is 0. The fourth-order valence-corrected chi connectivity index (χ4v) is 1.49. The Kier molecular flexibility index (Phi) is 3.99. The summed E-state index contributed by atoms with van der Waals surface area (Å²) in [4.78, 5) is 0. The van der Waals surface area contributed by atoms with Gasteiger partial charge in [0, 0.05) is 0 Å². The number of halogens is 6. The summed E-state index contributed by atoms with van der Waals surface area (Å²) in [6, 6.07) is 1.65. The summed E-state index contributed by atoms with van der Waals surface area (Å²) in [6.07, 6.45) is -9.61.